The van der Waals surface area contributed by atoms with E-state index in [-0.39, 0.29) is 11.3 Å². The number of hydrogen-bond acceptors (Lipinski definition) is 4. The molecule has 0 atom stereocenters. The van der Waals surface area contributed by atoms with Crippen LogP contribution in [0.4, 0.5) is 0 Å². The quantitative estimate of drug-likeness (QED) is 0.821. The zero-order valence-electron chi connectivity index (χ0n) is 15.1. The van der Waals surface area contributed by atoms with Crippen LogP contribution in [0.2, 0.25) is 0 Å². The summed E-state index contributed by atoms with van der Waals surface area (Å²) in [5, 5.41) is 2.92. The van der Waals surface area contributed by atoms with Crippen LogP contribution in [0.15, 0.2) is 28.7 Å². The van der Waals surface area contributed by atoms with Gasteiger partial charge in [-0.2, -0.15) is 0 Å². The lowest BCUT2D eigenvalue weighted by molar-refractivity contribution is 0.0952. The zero-order chi connectivity index (χ0) is 17.7. The zero-order valence-corrected chi connectivity index (χ0v) is 15.1. The van der Waals surface area contributed by atoms with E-state index >= 15 is 0 Å². The average Bonchev–Trinajstić information content (AvgIpc) is 2.92. The van der Waals surface area contributed by atoms with E-state index < -0.39 is 0 Å². The van der Waals surface area contributed by atoms with Crippen LogP contribution >= 0.6 is 0 Å². The number of nitrogens with one attached hydrogen (secondary N) is 1. The number of ether oxygens (including phenoxy) is 1. The fourth-order valence-electron chi connectivity index (χ4n) is 2.30. The molecule has 0 fully saturated rings. The van der Waals surface area contributed by atoms with Crippen LogP contribution in [-0.2, 0) is 11.8 Å². The van der Waals surface area contributed by atoms with Crippen molar-refractivity contribution in [1.29, 1.82) is 0 Å². The fourth-order valence-corrected chi connectivity index (χ4v) is 2.30. The molecule has 0 saturated heterocycles. The van der Waals surface area contributed by atoms with Crippen molar-refractivity contribution in [3.05, 3.63) is 47.2 Å². The largest absolute Gasteiger partial charge is 0.497 e. The third kappa shape index (κ3) is 4.60. The molecule has 2 rings (SSSR count). The van der Waals surface area contributed by atoms with Gasteiger partial charge in [-0.15, -0.1) is 0 Å². The Hall–Kier alpha value is -2.30. The number of carbonyl (C=O) groups excluding carboxylic acids is 1. The highest BCUT2D eigenvalue weighted by Crippen LogP contribution is 2.24. The molecular formula is C19H26N2O3. The Morgan fingerprint density at radius 3 is 2.71 bits per heavy atom. The molecule has 1 amide bonds. The molecule has 0 saturated carbocycles. The minimum atomic E-state index is -0.0985. The molecule has 0 spiro atoms. The van der Waals surface area contributed by atoms with Crippen molar-refractivity contribution in [2.24, 2.45) is 0 Å². The Kier molecular flexibility index (Phi) is 5.65. The van der Waals surface area contributed by atoms with Crippen molar-refractivity contribution in [3.63, 3.8) is 0 Å². The van der Waals surface area contributed by atoms with Gasteiger partial charge in [0, 0.05) is 23.9 Å². The first kappa shape index (κ1) is 18.0. The topological polar surface area (TPSA) is 64.4 Å². The van der Waals surface area contributed by atoms with Gasteiger partial charge in [-0.05, 0) is 31.5 Å². The minimum Gasteiger partial charge on any atom is -0.497 e. The smallest absolute Gasteiger partial charge is 0.251 e. The van der Waals surface area contributed by atoms with E-state index in [2.05, 4.69) is 31.1 Å². The number of amides is 1. The van der Waals surface area contributed by atoms with E-state index in [4.69, 9.17) is 9.15 Å². The Morgan fingerprint density at radius 1 is 1.33 bits per heavy atom. The first-order valence-electron chi connectivity index (χ1n) is 8.20. The van der Waals surface area contributed by atoms with Gasteiger partial charge in [0.25, 0.3) is 5.91 Å². The number of carbonyl (C=O) groups is 1. The molecular weight excluding hydrogens is 304 g/mol. The molecule has 5 heteroatoms. The van der Waals surface area contributed by atoms with E-state index in [1.54, 1.807) is 25.3 Å². The lowest BCUT2D eigenvalue weighted by Gasteiger charge is -2.12. The summed E-state index contributed by atoms with van der Waals surface area (Å²) >= 11 is 0. The Bertz CT molecular complexity index is 699. The van der Waals surface area contributed by atoms with Crippen LogP contribution in [0.25, 0.3) is 0 Å². The van der Waals surface area contributed by atoms with E-state index in [1.807, 2.05) is 13.0 Å². The molecule has 1 aromatic heterocycles. The van der Waals surface area contributed by atoms with Gasteiger partial charge in [-0.1, -0.05) is 26.8 Å². The molecule has 130 valence electrons. The number of aryl methyl sites for hydroxylation is 2. The second kappa shape index (κ2) is 7.51. The van der Waals surface area contributed by atoms with Gasteiger partial charge in [0.15, 0.2) is 5.89 Å². The molecule has 0 aliphatic heterocycles. The third-order valence-corrected chi connectivity index (χ3v) is 3.73. The number of hydrogen-bond donors (Lipinski definition) is 1. The summed E-state index contributed by atoms with van der Waals surface area (Å²) in [5.41, 5.74) is 1.43. The minimum absolute atomic E-state index is 0.0937. The van der Waals surface area contributed by atoms with Gasteiger partial charge in [0.05, 0.1) is 12.8 Å². The van der Waals surface area contributed by atoms with E-state index in [0.717, 1.165) is 30.2 Å². The predicted octanol–water partition coefficient (Wildman–Crippen LogP) is 3.65. The second-order valence-corrected chi connectivity index (χ2v) is 6.87. The normalized spacial score (nSPS) is 11.4. The lowest BCUT2D eigenvalue weighted by Crippen LogP contribution is -2.24. The van der Waals surface area contributed by atoms with Crippen molar-refractivity contribution in [3.8, 4) is 5.75 Å². The summed E-state index contributed by atoms with van der Waals surface area (Å²) in [6.45, 7) is 8.78. The third-order valence-electron chi connectivity index (χ3n) is 3.73. The highest BCUT2D eigenvalue weighted by atomic mass is 16.5. The van der Waals surface area contributed by atoms with Gasteiger partial charge < -0.3 is 14.5 Å². The average molecular weight is 330 g/mol. The van der Waals surface area contributed by atoms with Crippen molar-refractivity contribution >= 4 is 5.91 Å². The van der Waals surface area contributed by atoms with Crippen molar-refractivity contribution in [2.45, 2.75) is 46.0 Å². The lowest BCUT2D eigenvalue weighted by atomic mass is 9.97. The fraction of sp³-hybridized carbons (Fsp3) is 0.474. The molecule has 1 heterocycles. The second-order valence-electron chi connectivity index (χ2n) is 6.87. The first-order chi connectivity index (χ1) is 11.3. The summed E-state index contributed by atoms with van der Waals surface area (Å²) in [5.74, 6) is 2.24. The number of methoxy groups -OCH3 is 1. The number of aromatic nitrogens is 1. The highest BCUT2D eigenvalue weighted by molar-refractivity contribution is 5.94. The summed E-state index contributed by atoms with van der Waals surface area (Å²) in [7, 11) is 1.59. The predicted molar refractivity (Wildman–Crippen MR) is 93.6 cm³/mol. The molecule has 0 radical (unpaired) electrons. The molecule has 1 aromatic carbocycles. The van der Waals surface area contributed by atoms with Gasteiger partial charge in [-0.25, -0.2) is 4.98 Å². The van der Waals surface area contributed by atoms with Gasteiger partial charge in [0.1, 0.15) is 11.5 Å². The monoisotopic (exact) mass is 330 g/mol. The van der Waals surface area contributed by atoms with Crippen LogP contribution in [0.3, 0.4) is 0 Å². The Morgan fingerprint density at radius 2 is 2.08 bits per heavy atom. The maximum absolute atomic E-state index is 12.1. The van der Waals surface area contributed by atoms with Crippen LogP contribution in [0, 0.1) is 6.92 Å². The maximum atomic E-state index is 12.1. The molecule has 0 aliphatic rings. The molecule has 5 nitrogen and oxygen atoms in total. The van der Waals surface area contributed by atoms with E-state index in [9.17, 15) is 4.79 Å². The van der Waals surface area contributed by atoms with E-state index in [0.29, 0.717) is 17.9 Å². The van der Waals surface area contributed by atoms with Gasteiger partial charge in [0.2, 0.25) is 0 Å². The van der Waals surface area contributed by atoms with Crippen LogP contribution in [0.5, 0.6) is 5.75 Å². The standard InChI is InChI=1S/C19H26N2O3/c1-13-16(24-18(21-13)19(2,3)4)10-7-11-20-17(22)14-8-6-9-15(12-14)23-5/h6,8-9,12H,7,10-11H2,1-5H3,(H,20,22). The van der Waals surface area contributed by atoms with Crippen LogP contribution in [-0.4, -0.2) is 24.5 Å². The summed E-state index contributed by atoms with van der Waals surface area (Å²) in [6, 6.07) is 7.12. The summed E-state index contributed by atoms with van der Waals surface area (Å²) in [6.07, 6.45) is 1.56. The molecule has 0 unspecified atom stereocenters. The van der Waals surface area contributed by atoms with Crippen LogP contribution in [0.1, 0.15) is 54.9 Å². The number of nitrogens with zero attached hydrogens (tertiary/aromatic N) is 1. The Balaban J connectivity index is 1.84. The van der Waals surface area contributed by atoms with Gasteiger partial charge in [-0.3, -0.25) is 4.79 Å². The molecule has 0 aliphatic carbocycles. The van der Waals surface area contributed by atoms with Gasteiger partial charge >= 0.3 is 0 Å². The maximum Gasteiger partial charge on any atom is 0.251 e. The number of oxazole rings is 1. The number of benzene rings is 1. The first-order valence-corrected chi connectivity index (χ1v) is 8.20. The molecule has 2 aromatic rings. The van der Waals surface area contributed by atoms with Crippen molar-refractivity contribution in [1.82, 2.24) is 10.3 Å². The number of rotatable bonds is 6. The Labute approximate surface area is 143 Å². The van der Waals surface area contributed by atoms with E-state index in [1.165, 1.54) is 0 Å². The van der Waals surface area contributed by atoms with Crippen molar-refractivity contribution < 1.29 is 13.9 Å². The SMILES string of the molecule is COc1cccc(C(=O)NCCCc2oc(C(C)(C)C)nc2C)c1. The van der Waals surface area contributed by atoms with Crippen LogP contribution < -0.4 is 10.1 Å². The summed E-state index contributed by atoms with van der Waals surface area (Å²) in [4.78, 5) is 16.6. The summed E-state index contributed by atoms with van der Waals surface area (Å²) < 4.78 is 11.0. The van der Waals surface area contributed by atoms with Crippen molar-refractivity contribution in [2.75, 3.05) is 13.7 Å². The molecule has 0 bridgehead atoms. The highest BCUT2D eigenvalue weighted by Gasteiger charge is 2.22. The molecule has 1 N–H and O–H groups in total. The molecule has 24 heavy (non-hydrogen) atoms.